The average Bonchev–Trinajstić information content (AvgIpc) is 2.96. The number of nitrogen functional groups attached to an aromatic ring is 1. The number of hydrogen-bond acceptors (Lipinski definition) is 8. The highest BCUT2D eigenvalue weighted by atomic mass is 16.6. The van der Waals surface area contributed by atoms with E-state index in [-0.39, 0.29) is 23.7 Å². The molecule has 5 N–H and O–H groups in total. The van der Waals surface area contributed by atoms with Gasteiger partial charge in [0, 0.05) is 7.11 Å². The Kier molecular flexibility index (Phi) is 3.37. The van der Waals surface area contributed by atoms with Crippen LogP contribution in [0.2, 0.25) is 0 Å². The Hall–Kier alpha value is -2.01. The van der Waals surface area contributed by atoms with Crippen LogP contribution in [0.1, 0.15) is 6.23 Å². The molecule has 0 saturated carbocycles. The summed E-state index contributed by atoms with van der Waals surface area (Å²) in [6.45, 7) is 0.123. The summed E-state index contributed by atoms with van der Waals surface area (Å²) in [5.41, 5.74) is 5.27. The first-order valence-electron chi connectivity index (χ1n) is 6.25. The van der Waals surface area contributed by atoms with Crippen LogP contribution in [-0.4, -0.2) is 61.8 Å². The second-order valence-corrected chi connectivity index (χ2v) is 4.78. The Bertz CT molecular complexity index is 713. The fourth-order valence-corrected chi connectivity index (χ4v) is 2.39. The number of rotatable bonds is 3. The van der Waals surface area contributed by atoms with Crippen LogP contribution in [0.5, 0.6) is 0 Å². The monoisotopic (exact) mass is 297 g/mol. The number of nitrogens with one attached hydrogen (secondary N) is 1. The second-order valence-electron chi connectivity index (χ2n) is 4.78. The molecule has 0 bridgehead atoms. The first kappa shape index (κ1) is 13.9. The van der Waals surface area contributed by atoms with E-state index in [1.807, 2.05) is 0 Å². The van der Waals surface area contributed by atoms with Gasteiger partial charge in [-0.3, -0.25) is 14.3 Å². The smallest absolute Gasteiger partial charge is 0.280 e. The largest absolute Gasteiger partial charge is 0.387 e. The lowest BCUT2D eigenvalue weighted by Gasteiger charge is -2.16. The van der Waals surface area contributed by atoms with Gasteiger partial charge in [-0.25, -0.2) is 4.98 Å². The molecular weight excluding hydrogens is 282 g/mol. The minimum absolute atomic E-state index is 0.0734. The van der Waals surface area contributed by atoms with Crippen LogP contribution in [0.25, 0.3) is 11.2 Å². The standard InChI is InChI=1S/C11H15N5O5/c1-20-2-4-6(17)7(18)10(21-4)16-3-13-5-8(16)14-11(12)15-9(5)19/h3-4,6-7,10,17-18H,2H2,1H3,(H3,12,14,15,19)/t4-,6-,7-,10-/m1/s1. The van der Waals surface area contributed by atoms with E-state index in [0.29, 0.717) is 0 Å². The van der Waals surface area contributed by atoms with Crippen LogP contribution < -0.4 is 11.3 Å². The highest BCUT2D eigenvalue weighted by Crippen LogP contribution is 2.31. The van der Waals surface area contributed by atoms with E-state index in [9.17, 15) is 15.0 Å². The molecule has 1 saturated heterocycles. The van der Waals surface area contributed by atoms with Gasteiger partial charge in [-0.1, -0.05) is 0 Å². The zero-order valence-electron chi connectivity index (χ0n) is 11.1. The third-order valence-electron chi connectivity index (χ3n) is 3.39. The van der Waals surface area contributed by atoms with Gasteiger partial charge in [-0.05, 0) is 0 Å². The molecule has 2 aromatic rings. The number of methoxy groups -OCH3 is 1. The molecule has 0 aromatic carbocycles. The van der Waals surface area contributed by atoms with Crippen molar-refractivity contribution >= 4 is 17.1 Å². The highest BCUT2D eigenvalue weighted by molar-refractivity contribution is 5.70. The maximum absolute atomic E-state index is 11.7. The first-order valence-corrected chi connectivity index (χ1v) is 6.25. The van der Waals surface area contributed by atoms with Gasteiger partial charge >= 0.3 is 0 Å². The predicted octanol–water partition coefficient (Wildman–Crippen LogP) is -2.03. The third-order valence-corrected chi connectivity index (χ3v) is 3.39. The number of aliphatic hydroxyl groups is 2. The fourth-order valence-electron chi connectivity index (χ4n) is 2.39. The minimum Gasteiger partial charge on any atom is -0.387 e. The van der Waals surface area contributed by atoms with Crippen molar-refractivity contribution in [3.8, 4) is 0 Å². The Morgan fingerprint density at radius 1 is 1.52 bits per heavy atom. The molecule has 1 fully saturated rings. The van der Waals surface area contributed by atoms with E-state index in [1.165, 1.54) is 18.0 Å². The van der Waals surface area contributed by atoms with Crippen LogP contribution >= 0.6 is 0 Å². The van der Waals surface area contributed by atoms with Crippen molar-refractivity contribution in [2.75, 3.05) is 19.5 Å². The van der Waals surface area contributed by atoms with E-state index in [0.717, 1.165) is 0 Å². The van der Waals surface area contributed by atoms with Gasteiger partial charge in [-0.15, -0.1) is 0 Å². The Morgan fingerprint density at radius 3 is 3.00 bits per heavy atom. The number of fused-ring (bicyclic) bond motifs is 1. The summed E-state index contributed by atoms with van der Waals surface area (Å²) in [5.74, 6) is -0.0734. The molecule has 4 atom stereocenters. The van der Waals surface area contributed by atoms with E-state index in [2.05, 4.69) is 15.0 Å². The average molecular weight is 297 g/mol. The molecule has 0 radical (unpaired) electrons. The fraction of sp³-hybridized carbons (Fsp3) is 0.545. The van der Waals surface area contributed by atoms with E-state index < -0.39 is 30.1 Å². The van der Waals surface area contributed by atoms with Crippen molar-refractivity contribution in [2.45, 2.75) is 24.5 Å². The van der Waals surface area contributed by atoms with Gasteiger partial charge in [0.05, 0.1) is 12.9 Å². The van der Waals surface area contributed by atoms with Gasteiger partial charge in [0.15, 0.2) is 17.4 Å². The lowest BCUT2D eigenvalue weighted by molar-refractivity contribution is -0.0580. The molecule has 0 unspecified atom stereocenters. The molecule has 1 aliphatic rings. The molecule has 2 aromatic heterocycles. The molecule has 0 aliphatic carbocycles. The lowest BCUT2D eigenvalue weighted by Crippen LogP contribution is -2.33. The van der Waals surface area contributed by atoms with Crippen molar-refractivity contribution in [3.63, 3.8) is 0 Å². The maximum atomic E-state index is 11.7. The summed E-state index contributed by atoms with van der Waals surface area (Å²) in [5, 5.41) is 20.0. The van der Waals surface area contributed by atoms with Crippen molar-refractivity contribution in [2.24, 2.45) is 0 Å². The predicted molar refractivity (Wildman–Crippen MR) is 70.4 cm³/mol. The van der Waals surface area contributed by atoms with Crippen LogP contribution in [0.15, 0.2) is 11.1 Å². The topological polar surface area (TPSA) is 149 Å². The van der Waals surface area contributed by atoms with Crippen LogP contribution in [-0.2, 0) is 9.47 Å². The summed E-state index contributed by atoms with van der Waals surface area (Å²) in [6, 6.07) is 0. The number of anilines is 1. The highest BCUT2D eigenvalue weighted by Gasteiger charge is 2.44. The SMILES string of the molecule is COC[C@H]1O[C@@H](n2cnc3c(=O)[nH]c(N)nc32)[C@H](O)[C@@H]1O. The summed E-state index contributed by atoms with van der Waals surface area (Å²) in [4.78, 5) is 22.0. The molecule has 0 amide bonds. The molecule has 114 valence electrons. The Morgan fingerprint density at radius 2 is 2.29 bits per heavy atom. The van der Waals surface area contributed by atoms with Crippen molar-refractivity contribution in [1.29, 1.82) is 0 Å². The number of ether oxygens (including phenoxy) is 2. The molecule has 1 aliphatic heterocycles. The summed E-state index contributed by atoms with van der Waals surface area (Å²) < 4.78 is 11.9. The first-order chi connectivity index (χ1) is 10.0. The van der Waals surface area contributed by atoms with E-state index in [1.54, 1.807) is 0 Å². The molecule has 10 heteroatoms. The van der Waals surface area contributed by atoms with Crippen LogP contribution in [0, 0.1) is 0 Å². The molecule has 3 rings (SSSR count). The number of H-pyrrole nitrogens is 1. The molecule has 21 heavy (non-hydrogen) atoms. The van der Waals surface area contributed by atoms with Gasteiger partial charge in [0.1, 0.15) is 18.3 Å². The zero-order chi connectivity index (χ0) is 15.1. The van der Waals surface area contributed by atoms with Crippen molar-refractivity contribution in [3.05, 3.63) is 16.7 Å². The number of nitrogens with zero attached hydrogens (tertiary/aromatic N) is 3. The van der Waals surface area contributed by atoms with Crippen LogP contribution in [0.3, 0.4) is 0 Å². The second kappa shape index (κ2) is 5.07. The van der Waals surface area contributed by atoms with Crippen LogP contribution in [0.4, 0.5) is 5.95 Å². The van der Waals surface area contributed by atoms with Gasteiger partial charge < -0.3 is 25.4 Å². The Balaban J connectivity index is 2.03. The molecular formula is C11H15N5O5. The van der Waals surface area contributed by atoms with E-state index >= 15 is 0 Å². The number of aromatic amines is 1. The third kappa shape index (κ3) is 2.17. The number of aromatic nitrogens is 4. The molecule has 10 nitrogen and oxygen atoms in total. The van der Waals surface area contributed by atoms with Gasteiger partial charge in [0.25, 0.3) is 5.56 Å². The quantitative estimate of drug-likeness (QED) is 0.506. The van der Waals surface area contributed by atoms with Gasteiger partial charge in [-0.2, -0.15) is 4.98 Å². The molecule has 0 spiro atoms. The Labute approximate surface area is 118 Å². The number of hydrogen-bond donors (Lipinski definition) is 4. The zero-order valence-corrected chi connectivity index (χ0v) is 11.1. The van der Waals surface area contributed by atoms with Gasteiger partial charge in [0.2, 0.25) is 5.95 Å². The normalized spacial score (nSPS) is 29.3. The summed E-state index contributed by atoms with van der Waals surface area (Å²) >= 11 is 0. The van der Waals surface area contributed by atoms with E-state index in [4.69, 9.17) is 15.2 Å². The number of imidazole rings is 1. The summed E-state index contributed by atoms with van der Waals surface area (Å²) in [7, 11) is 1.46. The summed E-state index contributed by atoms with van der Waals surface area (Å²) in [6.07, 6.45) is -2.63. The maximum Gasteiger partial charge on any atom is 0.280 e. The lowest BCUT2D eigenvalue weighted by atomic mass is 10.1. The van der Waals surface area contributed by atoms with Crippen molar-refractivity contribution in [1.82, 2.24) is 19.5 Å². The molecule has 3 heterocycles. The number of nitrogens with two attached hydrogens (primary N) is 1. The number of aliphatic hydroxyl groups excluding tert-OH is 2. The van der Waals surface area contributed by atoms with Crippen molar-refractivity contribution < 1.29 is 19.7 Å². The minimum atomic E-state index is -1.20.